The maximum absolute atomic E-state index is 13.9. The van der Waals surface area contributed by atoms with E-state index in [0.29, 0.717) is 29.8 Å². The Morgan fingerprint density at radius 2 is 1.97 bits per heavy atom. The molecule has 8 heteroatoms. The van der Waals surface area contributed by atoms with Crippen LogP contribution in [0.2, 0.25) is 0 Å². The summed E-state index contributed by atoms with van der Waals surface area (Å²) in [5.74, 6) is -0.787. The number of alkyl halides is 1. The van der Waals surface area contributed by atoms with E-state index >= 15 is 0 Å². The minimum Gasteiger partial charge on any atom is -0.486 e. The van der Waals surface area contributed by atoms with Crippen LogP contribution < -0.4 is 15.4 Å². The van der Waals surface area contributed by atoms with Crippen LogP contribution in [-0.2, 0) is 13.5 Å². The van der Waals surface area contributed by atoms with Gasteiger partial charge in [-0.3, -0.25) is 14.3 Å². The number of hydrogen-bond donors (Lipinski definition) is 2. The number of halogens is 1. The Labute approximate surface area is 185 Å². The van der Waals surface area contributed by atoms with Crippen LogP contribution in [-0.4, -0.2) is 48.0 Å². The molecule has 2 N–H and O–H groups in total. The summed E-state index contributed by atoms with van der Waals surface area (Å²) in [4.78, 5) is 25.5. The van der Waals surface area contributed by atoms with Crippen LogP contribution in [0.25, 0.3) is 0 Å². The Kier molecular flexibility index (Phi) is 6.20. The van der Waals surface area contributed by atoms with Crippen molar-refractivity contribution < 1.29 is 18.7 Å². The fourth-order valence-corrected chi connectivity index (χ4v) is 4.07. The third kappa shape index (κ3) is 4.21. The summed E-state index contributed by atoms with van der Waals surface area (Å²) in [5, 5.41) is 9.59. The average molecular weight is 436 g/mol. The van der Waals surface area contributed by atoms with Crippen molar-refractivity contribution in [2.24, 2.45) is 7.05 Å². The van der Waals surface area contributed by atoms with E-state index in [1.165, 1.54) is 13.1 Å². The van der Waals surface area contributed by atoms with Gasteiger partial charge in [0.25, 0.3) is 11.8 Å². The summed E-state index contributed by atoms with van der Waals surface area (Å²) in [5.41, 5.74) is 3.07. The van der Waals surface area contributed by atoms with Crippen LogP contribution in [0.3, 0.4) is 0 Å². The topological polar surface area (TPSA) is 85.3 Å². The van der Waals surface area contributed by atoms with Gasteiger partial charge in [-0.25, -0.2) is 4.39 Å². The second-order valence-corrected chi connectivity index (χ2v) is 7.75. The van der Waals surface area contributed by atoms with Crippen molar-refractivity contribution in [1.82, 2.24) is 20.4 Å². The second kappa shape index (κ2) is 9.21. The highest BCUT2D eigenvalue weighted by molar-refractivity contribution is 6.02. The van der Waals surface area contributed by atoms with Crippen LogP contribution in [0.1, 0.15) is 43.3 Å². The van der Waals surface area contributed by atoms with E-state index < -0.39 is 24.6 Å². The minimum absolute atomic E-state index is 0.222. The molecule has 1 aliphatic rings. The molecule has 0 bridgehead atoms. The normalized spacial score (nSPS) is 16.8. The molecule has 0 spiro atoms. The summed E-state index contributed by atoms with van der Waals surface area (Å²) >= 11 is 0. The molecule has 0 saturated heterocycles. The van der Waals surface area contributed by atoms with Gasteiger partial charge < -0.3 is 15.4 Å². The first-order chi connectivity index (χ1) is 15.5. The third-order valence-electron chi connectivity index (χ3n) is 5.60. The van der Waals surface area contributed by atoms with Crippen LogP contribution in [0.5, 0.6) is 5.75 Å². The highest BCUT2D eigenvalue weighted by Gasteiger charge is 2.39. The molecule has 166 valence electrons. The zero-order chi connectivity index (χ0) is 22.7. The molecule has 0 fully saturated rings. The molecule has 2 heterocycles. The van der Waals surface area contributed by atoms with Crippen molar-refractivity contribution in [2.45, 2.75) is 18.4 Å². The molecular formula is C24H25FN4O3. The molecule has 0 aliphatic carbocycles. The Morgan fingerprint density at radius 3 is 2.62 bits per heavy atom. The molecule has 0 radical (unpaired) electrons. The molecule has 0 saturated carbocycles. The lowest BCUT2D eigenvalue weighted by molar-refractivity contribution is 0.0954. The fourth-order valence-electron chi connectivity index (χ4n) is 4.07. The van der Waals surface area contributed by atoms with Crippen molar-refractivity contribution in [3.63, 3.8) is 0 Å². The first kappa shape index (κ1) is 21.5. The monoisotopic (exact) mass is 436 g/mol. The van der Waals surface area contributed by atoms with E-state index in [1.807, 2.05) is 43.6 Å². The smallest absolute Gasteiger partial charge is 0.254 e. The number of benzene rings is 2. The van der Waals surface area contributed by atoms with Gasteiger partial charge in [-0.05, 0) is 29.7 Å². The highest BCUT2D eigenvalue weighted by Crippen LogP contribution is 2.45. The molecule has 32 heavy (non-hydrogen) atoms. The van der Waals surface area contributed by atoms with Gasteiger partial charge in [-0.15, -0.1) is 0 Å². The molecule has 2 aromatic carbocycles. The number of hydrogen-bond acceptors (Lipinski definition) is 4. The van der Waals surface area contributed by atoms with Gasteiger partial charge in [0.05, 0.1) is 17.7 Å². The molecule has 2 amide bonds. The number of amides is 2. The molecule has 1 aliphatic heterocycles. The predicted molar refractivity (Wildman–Crippen MR) is 118 cm³/mol. The predicted octanol–water partition coefficient (Wildman–Crippen LogP) is 2.61. The fraction of sp³-hybridized carbons (Fsp3) is 0.292. The van der Waals surface area contributed by atoms with Gasteiger partial charge in [-0.1, -0.05) is 30.3 Å². The van der Waals surface area contributed by atoms with E-state index in [0.717, 1.165) is 11.1 Å². The van der Waals surface area contributed by atoms with Crippen LogP contribution in [0.15, 0.2) is 54.9 Å². The highest BCUT2D eigenvalue weighted by atomic mass is 19.1. The number of fused-ring (bicyclic) bond motifs is 1. The third-order valence-corrected chi connectivity index (χ3v) is 5.60. The van der Waals surface area contributed by atoms with Gasteiger partial charge >= 0.3 is 0 Å². The van der Waals surface area contributed by atoms with Crippen molar-refractivity contribution in [3.05, 3.63) is 82.7 Å². The van der Waals surface area contributed by atoms with Gasteiger partial charge in [0, 0.05) is 38.0 Å². The van der Waals surface area contributed by atoms with Crippen molar-refractivity contribution in [2.75, 3.05) is 20.3 Å². The van der Waals surface area contributed by atoms with Gasteiger partial charge in [0.15, 0.2) is 0 Å². The molecule has 7 nitrogen and oxygen atoms in total. The number of nitrogens with zero attached hydrogens (tertiary/aromatic N) is 2. The maximum Gasteiger partial charge on any atom is 0.254 e. The zero-order valence-corrected chi connectivity index (χ0v) is 18.0. The number of nitrogens with one attached hydrogen (secondary N) is 2. The van der Waals surface area contributed by atoms with Crippen molar-refractivity contribution in [3.8, 4) is 5.75 Å². The van der Waals surface area contributed by atoms with E-state index in [4.69, 9.17) is 4.74 Å². The summed E-state index contributed by atoms with van der Waals surface area (Å²) < 4.78 is 21.5. The lowest BCUT2D eigenvalue weighted by atomic mass is 9.86. The standard InChI is InChI=1S/C24H25FN4O3/c1-26-24(31)19-11-17(23(30)27-9-8-15-13-28-29(2)14-15)10-18-21(16-6-4-3-5-7-16)20(12-25)32-22(18)19/h3-7,10-11,13-14,20-21H,8-9,12H2,1-2H3,(H,26,31)(H,27,30)/t20-,21+/m0/s1. The largest absolute Gasteiger partial charge is 0.486 e. The van der Waals surface area contributed by atoms with E-state index in [1.54, 1.807) is 16.9 Å². The Balaban J connectivity index is 1.65. The minimum atomic E-state index is -0.764. The summed E-state index contributed by atoms with van der Waals surface area (Å²) in [7, 11) is 3.34. The first-order valence-electron chi connectivity index (χ1n) is 10.4. The molecule has 1 aromatic heterocycles. The summed E-state index contributed by atoms with van der Waals surface area (Å²) in [6.45, 7) is -0.295. The number of carbonyl (C=O) groups excluding carboxylic acids is 2. The average Bonchev–Trinajstić information content (AvgIpc) is 3.41. The molecular weight excluding hydrogens is 411 g/mol. The molecule has 2 atom stereocenters. The van der Waals surface area contributed by atoms with Gasteiger partial charge in [0.1, 0.15) is 18.5 Å². The number of aromatic nitrogens is 2. The number of ether oxygens (including phenoxy) is 1. The Bertz CT molecular complexity index is 1130. The van der Waals surface area contributed by atoms with Crippen LogP contribution in [0.4, 0.5) is 4.39 Å². The van der Waals surface area contributed by atoms with Crippen LogP contribution >= 0.6 is 0 Å². The van der Waals surface area contributed by atoms with Gasteiger partial charge in [0.2, 0.25) is 0 Å². The van der Waals surface area contributed by atoms with E-state index in [2.05, 4.69) is 15.7 Å². The number of carbonyl (C=O) groups is 2. The number of rotatable bonds is 7. The summed E-state index contributed by atoms with van der Waals surface area (Å²) in [6.07, 6.45) is 3.51. The van der Waals surface area contributed by atoms with Crippen molar-refractivity contribution >= 4 is 11.8 Å². The molecule has 4 rings (SSSR count). The van der Waals surface area contributed by atoms with Crippen molar-refractivity contribution in [1.29, 1.82) is 0 Å². The lowest BCUT2D eigenvalue weighted by Crippen LogP contribution is -2.26. The first-order valence-corrected chi connectivity index (χ1v) is 10.4. The quantitative estimate of drug-likeness (QED) is 0.596. The zero-order valence-electron chi connectivity index (χ0n) is 18.0. The SMILES string of the molecule is CNC(=O)c1cc(C(=O)NCCc2cnn(C)c2)cc2c1O[C@@H](CF)[C@@H]2c1ccccc1. The Hall–Kier alpha value is -3.68. The molecule has 3 aromatic rings. The van der Waals surface area contributed by atoms with E-state index in [9.17, 15) is 14.0 Å². The van der Waals surface area contributed by atoms with E-state index in [-0.39, 0.29) is 11.5 Å². The van der Waals surface area contributed by atoms with Crippen LogP contribution in [0, 0.1) is 0 Å². The number of aryl methyl sites for hydroxylation is 1. The van der Waals surface area contributed by atoms with Gasteiger partial charge in [-0.2, -0.15) is 5.10 Å². The maximum atomic E-state index is 13.9. The second-order valence-electron chi connectivity index (χ2n) is 7.75. The Morgan fingerprint density at radius 1 is 1.19 bits per heavy atom. The summed E-state index contributed by atoms with van der Waals surface area (Å²) in [6, 6.07) is 12.6. The lowest BCUT2D eigenvalue weighted by Gasteiger charge is -2.16. The molecule has 0 unspecified atom stereocenters.